The first kappa shape index (κ1) is 17.4. The number of benzene rings is 2. The fraction of sp³-hybridized carbons (Fsp3) is 0.278. The number of phenols is 1. The van der Waals surface area contributed by atoms with Gasteiger partial charge in [-0.3, -0.25) is 5.01 Å². The van der Waals surface area contributed by atoms with Gasteiger partial charge in [0.15, 0.2) is 11.5 Å². The first-order chi connectivity index (χ1) is 12.0. The molecule has 3 rings (SSSR count). The minimum atomic E-state index is -1.24. The lowest BCUT2D eigenvalue weighted by Gasteiger charge is -2.29. The zero-order chi connectivity index (χ0) is 18.0. The maximum absolute atomic E-state index is 12.3. The van der Waals surface area contributed by atoms with Gasteiger partial charge in [-0.1, -0.05) is 18.2 Å². The molecule has 2 aromatic carbocycles. The van der Waals surface area contributed by atoms with Crippen molar-refractivity contribution in [3.63, 3.8) is 0 Å². The summed E-state index contributed by atoms with van der Waals surface area (Å²) in [5.74, 6) is 0.479. The average molecular weight is 359 g/mol. The smallest absolute Gasteiger partial charge is 0.161 e. The van der Waals surface area contributed by atoms with E-state index in [1.165, 1.54) is 7.11 Å². The predicted molar refractivity (Wildman–Crippen MR) is 98.0 cm³/mol. The van der Waals surface area contributed by atoms with E-state index < -0.39 is 11.0 Å². The summed E-state index contributed by atoms with van der Waals surface area (Å²) >= 11 is 0. The van der Waals surface area contributed by atoms with Crippen LogP contribution in [0.25, 0.3) is 0 Å². The van der Waals surface area contributed by atoms with Gasteiger partial charge in [-0.2, -0.15) is 5.10 Å². The molecular weight excluding hydrogens is 338 g/mol. The molecule has 1 heterocycles. The molecule has 1 aliphatic rings. The molecule has 0 amide bonds. The molecule has 2 unspecified atom stereocenters. The van der Waals surface area contributed by atoms with E-state index >= 15 is 0 Å². The van der Waals surface area contributed by atoms with Crippen LogP contribution in [0.4, 0.5) is 0 Å². The number of hydrogen-bond donors (Lipinski definition) is 2. The molecule has 0 aromatic heterocycles. The van der Waals surface area contributed by atoms with E-state index in [0.717, 1.165) is 16.0 Å². The lowest BCUT2D eigenvalue weighted by atomic mass is 10.1. The van der Waals surface area contributed by atoms with Crippen LogP contribution in [0.3, 0.4) is 0 Å². The van der Waals surface area contributed by atoms with Crippen molar-refractivity contribution in [1.29, 1.82) is 0 Å². The minimum Gasteiger partial charge on any atom is -0.504 e. The Balaban J connectivity index is 1.89. The van der Waals surface area contributed by atoms with Crippen LogP contribution in [0.2, 0.25) is 0 Å². The van der Waals surface area contributed by atoms with Crippen molar-refractivity contribution in [2.24, 2.45) is 5.10 Å². The van der Waals surface area contributed by atoms with Gasteiger partial charge in [0.05, 0.1) is 18.2 Å². The second-order valence-corrected chi connectivity index (χ2v) is 7.19. The molecule has 6 nitrogen and oxygen atoms in total. The summed E-state index contributed by atoms with van der Waals surface area (Å²) in [6.07, 6.45) is 1.44. The second kappa shape index (κ2) is 7.25. The monoisotopic (exact) mass is 359 g/mol. The molecule has 132 valence electrons. The number of rotatable bonds is 5. The van der Waals surface area contributed by atoms with Gasteiger partial charge in [0.25, 0.3) is 0 Å². The molecule has 7 heteroatoms. The number of nitrogens with zero attached hydrogens (tertiary/aromatic N) is 2. The Hall–Kier alpha value is -2.38. The zero-order valence-electron chi connectivity index (χ0n) is 14.3. The van der Waals surface area contributed by atoms with Crippen LogP contribution in [0, 0.1) is 0 Å². The summed E-state index contributed by atoms with van der Waals surface area (Å²) in [5, 5.41) is 16.2. The Morgan fingerprint density at radius 3 is 2.80 bits per heavy atom. The number of fused-ring (bicyclic) bond motifs is 1. The quantitative estimate of drug-likeness (QED) is 0.636. The van der Waals surface area contributed by atoms with Gasteiger partial charge in [-0.25, -0.2) is 8.93 Å². The Morgan fingerprint density at radius 1 is 1.32 bits per heavy atom. The average Bonchev–Trinajstić information content (AvgIpc) is 2.93. The highest BCUT2D eigenvalue weighted by molar-refractivity contribution is 7.83. The van der Waals surface area contributed by atoms with Crippen LogP contribution in [0.5, 0.6) is 11.5 Å². The van der Waals surface area contributed by atoms with Gasteiger partial charge in [-0.05, 0) is 43.7 Å². The van der Waals surface area contributed by atoms with E-state index in [-0.39, 0.29) is 18.0 Å². The van der Waals surface area contributed by atoms with Crippen LogP contribution in [-0.4, -0.2) is 33.7 Å². The third-order valence-electron chi connectivity index (χ3n) is 3.97. The van der Waals surface area contributed by atoms with Gasteiger partial charge >= 0.3 is 0 Å². The fourth-order valence-electron chi connectivity index (χ4n) is 2.71. The Labute approximate surface area is 149 Å². The number of phenolic OH excluding ortho intramolecular Hbond substituents is 1. The number of ether oxygens (including phenoxy) is 1. The Bertz CT molecular complexity index is 823. The van der Waals surface area contributed by atoms with Gasteiger partial charge < -0.3 is 9.84 Å². The highest BCUT2D eigenvalue weighted by Crippen LogP contribution is 2.32. The number of methoxy groups -OCH3 is 1. The first-order valence-electron chi connectivity index (χ1n) is 7.97. The Kier molecular flexibility index (Phi) is 5.06. The SMILES string of the molecule is COc1cc(/C=N/N(C(C)C)C2NS(=O)c3ccccc32)ccc1O. The molecule has 0 spiro atoms. The van der Waals surface area contributed by atoms with Crippen molar-refractivity contribution in [2.75, 3.05) is 7.11 Å². The fourth-order valence-corrected chi connectivity index (χ4v) is 3.87. The first-order valence-corrected chi connectivity index (χ1v) is 9.12. The van der Waals surface area contributed by atoms with Crippen molar-refractivity contribution in [3.05, 3.63) is 53.6 Å². The molecule has 2 N–H and O–H groups in total. The molecule has 2 aromatic rings. The summed E-state index contributed by atoms with van der Waals surface area (Å²) in [4.78, 5) is 0.791. The van der Waals surface area contributed by atoms with Crippen LogP contribution in [0.1, 0.15) is 31.1 Å². The highest BCUT2D eigenvalue weighted by atomic mass is 32.2. The number of aromatic hydroxyl groups is 1. The van der Waals surface area contributed by atoms with Gasteiger partial charge in [0.1, 0.15) is 17.2 Å². The van der Waals surface area contributed by atoms with E-state index in [2.05, 4.69) is 9.82 Å². The largest absolute Gasteiger partial charge is 0.504 e. The van der Waals surface area contributed by atoms with Crippen molar-refractivity contribution < 1.29 is 14.1 Å². The highest BCUT2D eigenvalue weighted by Gasteiger charge is 2.32. The molecular formula is C18H21N3O3S. The molecule has 2 atom stereocenters. The summed E-state index contributed by atoms with van der Waals surface area (Å²) in [7, 11) is 0.265. The standard InChI is InChI=1S/C18H21N3O3S/c1-12(2)21(18-14-6-4-5-7-17(14)25(23)20-18)19-11-13-8-9-15(22)16(10-13)24-3/h4-12,18,20,22H,1-3H3/b19-11+. The van der Waals surface area contributed by atoms with Crippen molar-refractivity contribution in [1.82, 2.24) is 9.73 Å². The van der Waals surface area contributed by atoms with Crippen LogP contribution >= 0.6 is 0 Å². The molecule has 0 aliphatic carbocycles. The van der Waals surface area contributed by atoms with Crippen LogP contribution in [0.15, 0.2) is 52.5 Å². The van der Waals surface area contributed by atoms with Crippen LogP contribution in [-0.2, 0) is 11.0 Å². The predicted octanol–water partition coefficient (Wildman–Crippen LogP) is 2.77. The summed E-state index contributed by atoms with van der Waals surface area (Å²) in [5.41, 5.74) is 1.77. The third-order valence-corrected chi connectivity index (χ3v) is 5.18. The van der Waals surface area contributed by atoms with E-state index in [1.807, 2.05) is 43.1 Å². The van der Waals surface area contributed by atoms with Gasteiger partial charge in [0, 0.05) is 11.6 Å². The molecule has 25 heavy (non-hydrogen) atoms. The molecule has 0 saturated heterocycles. The molecule has 0 bridgehead atoms. The van der Waals surface area contributed by atoms with Gasteiger partial charge in [-0.15, -0.1) is 0 Å². The van der Waals surface area contributed by atoms with E-state index in [1.54, 1.807) is 24.4 Å². The summed E-state index contributed by atoms with van der Waals surface area (Å²) in [6.45, 7) is 4.06. The van der Waals surface area contributed by atoms with Crippen molar-refractivity contribution in [3.8, 4) is 11.5 Å². The molecule has 0 saturated carbocycles. The molecule has 1 aliphatic heterocycles. The normalized spacial score (nSPS) is 19.4. The van der Waals surface area contributed by atoms with Crippen molar-refractivity contribution in [2.45, 2.75) is 31.0 Å². The minimum absolute atomic E-state index is 0.0853. The molecule has 0 fully saturated rings. The number of nitrogens with one attached hydrogen (secondary N) is 1. The summed E-state index contributed by atoms with van der Waals surface area (Å²) in [6, 6.07) is 12.8. The summed E-state index contributed by atoms with van der Waals surface area (Å²) < 4.78 is 20.5. The maximum Gasteiger partial charge on any atom is 0.161 e. The number of hydrazone groups is 1. The maximum atomic E-state index is 12.3. The molecule has 0 radical (unpaired) electrons. The third kappa shape index (κ3) is 3.52. The number of hydrogen-bond acceptors (Lipinski definition) is 5. The lowest BCUT2D eigenvalue weighted by molar-refractivity contribution is 0.155. The van der Waals surface area contributed by atoms with Gasteiger partial charge in [0.2, 0.25) is 0 Å². The second-order valence-electron chi connectivity index (χ2n) is 5.98. The lowest BCUT2D eigenvalue weighted by Crippen LogP contribution is -2.36. The van der Waals surface area contributed by atoms with Crippen LogP contribution < -0.4 is 9.46 Å². The topological polar surface area (TPSA) is 74.2 Å². The van der Waals surface area contributed by atoms with Crippen molar-refractivity contribution >= 4 is 17.2 Å². The van der Waals surface area contributed by atoms with E-state index in [4.69, 9.17) is 4.74 Å². The Morgan fingerprint density at radius 2 is 2.08 bits per heavy atom. The zero-order valence-corrected chi connectivity index (χ0v) is 15.2. The van der Waals surface area contributed by atoms with E-state index in [0.29, 0.717) is 5.75 Å². The van der Waals surface area contributed by atoms with E-state index in [9.17, 15) is 9.32 Å².